The lowest BCUT2D eigenvalue weighted by atomic mass is 10.1. The molecule has 3 heterocycles. The van der Waals surface area contributed by atoms with Gasteiger partial charge in [-0.2, -0.15) is 0 Å². The first kappa shape index (κ1) is 30.8. The summed E-state index contributed by atoms with van der Waals surface area (Å²) in [6.07, 6.45) is 0. The molecule has 260 valence electrons. The third-order valence-corrected chi connectivity index (χ3v) is 11.2. The van der Waals surface area contributed by atoms with Gasteiger partial charge in [0.15, 0.2) is 17.5 Å². The van der Waals surface area contributed by atoms with Gasteiger partial charge in [0.25, 0.3) is 0 Å². The molecule has 0 N–H and O–H groups in total. The van der Waals surface area contributed by atoms with Gasteiger partial charge in [0.1, 0.15) is 11.2 Å². The van der Waals surface area contributed by atoms with Crippen LogP contribution >= 0.6 is 0 Å². The molecule has 0 fully saturated rings. The van der Waals surface area contributed by atoms with Crippen molar-refractivity contribution in [3.63, 3.8) is 0 Å². The fourth-order valence-corrected chi connectivity index (χ4v) is 8.40. The minimum atomic E-state index is 0.590. The van der Waals surface area contributed by atoms with Crippen molar-refractivity contribution in [2.75, 3.05) is 0 Å². The second-order valence-electron chi connectivity index (χ2n) is 14.5. The first-order chi connectivity index (χ1) is 27.7. The van der Waals surface area contributed by atoms with Crippen LogP contribution in [0.5, 0.6) is 0 Å². The number of hydrogen-bond acceptors (Lipinski definition) is 4. The van der Waals surface area contributed by atoms with Gasteiger partial charge in [0.05, 0.1) is 11.0 Å². The van der Waals surface area contributed by atoms with E-state index in [1.165, 1.54) is 37.8 Å². The molecular formula is C51H30N4O. The van der Waals surface area contributed by atoms with E-state index in [1.54, 1.807) is 0 Å². The molecule has 12 rings (SSSR count). The number of benzene rings is 9. The van der Waals surface area contributed by atoms with Gasteiger partial charge in [-0.15, -0.1) is 0 Å². The van der Waals surface area contributed by atoms with E-state index in [2.05, 4.69) is 187 Å². The predicted octanol–water partition coefficient (Wildman–Crippen LogP) is 13.3. The molecule has 0 aliphatic rings. The monoisotopic (exact) mass is 714 g/mol. The summed E-state index contributed by atoms with van der Waals surface area (Å²) in [5, 5.41) is 11.6. The summed E-state index contributed by atoms with van der Waals surface area (Å²) in [4.78, 5) is 15.2. The molecule has 0 amide bonds. The largest absolute Gasteiger partial charge is 0.456 e. The van der Waals surface area contributed by atoms with Crippen LogP contribution in [0.3, 0.4) is 0 Å². The van der Waals surface area contributed by atoms with Crippen molar-refractivity contribution in [2.45, 2.75) is 0 Å². The van der Waals surface area contributed by atoms with Crippen LogP contribution in [0.25, 0.3) is 116 Å². The Morgan fingerprint density at radius 1 is 0.321 bits per heavy atom. The van der Waals surface area contributed by atoms with Gasteiger partial charge in [-0.05, 0) is 86.9 Å². The molecule has 12 aromatic rings. The standard InChI is InChI=1S/C51H30N4O/c1-3-11-33-25-37(19-17-31(33)9-1)49-52-50(38-20-18-32-10-2-4-12-34(32)26-38)54-51(53-49)39-21-23-42-43-24-22-40(30-48(43)56-47(42)29-39)55-45-16-8-7-15-41(45)44-27-35-13-5-6-14-36(35)28-46(44)55/h1-30H. The molecule has 0 saturated heterocycles. The van der Waals surface area contributed by atoms with Gasteiger partial charge < -0.3 is 8.98 Å². The first-order valence-electron chi connectivity index (χ1n) is 18.8. The lowest BCUT2D eigenvalue weighted by Gasteiger charge is -2.10. The number of hydrogen-bond donors (Lipinski definition) is 0. The van der Waals surface area contributed by atoms with Crippen LogP contribution in [-0.4, -0.2) is 19.5 Å². The minimum absolute atomic E-state index is 0.590. The molecule has 0 radical (unpaired) electrons. The SMILES string of the molecule is c1ccc2cc(-c3nc(-c4ccc5ccccc5c4)nc(-c4ccc5c(c4)oc4cc(-n6c7ccccc7c7cc8ccccc8cc76)ccc45)n3)ccc2c1. The minimum Gasteiger partial charge on any atom is -0.456 e. The lowest BCUT2D eigenvalue weighted by molar-refractivity contribution is 0.668. The maximum absolute atomic E-state index is 6.69. The molecule has 0 bridgehead atoms. The third-order valence-electron chi connectivity index (χ3n) is 11.2. The van der Waals surface area contributed by atoms with E-state index in [1.807, 2.05) is 0 Å². The topological polar surface area (TPSA) is 56.7 Å². The van der Waals surface area contributed by atoms with Crippen molar-refractivity contribution in [2.24, 2.45) is 0 Å². The summed E-state index contributed by atoms with van der Waals surface area (Å²) in [6.45, 7) is 0. The van der Waals surface area contributed by atoms with E-state index in [0.29, 0.717) is 17.5 Å². The van der Waals surface area contributed by atoms with Gasteiger partial charge in [0.2, 0.25) is 0 Å². The molecule has 3 aromatic heterocycles. The Hall–Kier alpha value is -7.63. The van der Waals surface area contributed by atoms with Crippen LogP contribution in [0.2, 0.25) is 0 Å². The summed E-state index contributed by atoms with van der Waals surface area (Å²) in [5.41, 5.74) is 7.72. The molecule has 5 heteroatoms. The second-order valence-corrected chi connectivity index (χ2v) is 14.5. The maximum Gasteiger partial charge on any atom is 0.164 e. The van der Waals surface area contributed by atoms with E-state index < -0.39 is 0 Å². The van der Waals surface area contributed by atoms with Crippen LogP contribution in [-0.2, 0) is 0 Å². The Morgan fingerprint density at radius 2 is 0.804 bits per heavy atom. The molecule has 56 heavy (non-hydrogen) atoms. The number of para-hydroxylation sites is 1. The lowest BCUT2D eigenvalue weighted by Crippen LogP contribution is -2.00. The van der Waals surface area contributed by atoms with Gasteiger partial charge in [0, 0.05) is 50.0 Å². The fraction of sp³-hybridized carbons (Fsp3) is 0. The summed E-state index contributed by atoms with van der Waals surface area (Å²) in [6, 6.07) is 64.0. The van der Waals surface area contributed by atoms with Crippen molar-refractivity contribution in [3.05, 3.63) is 182 Å². The second kappa shape index (κ2) is 11.9. The van der Waals surface area contributed by atoms with Crippen LogP contribution in [0.15, 0.2) is 186 Å². The van der Waals surface area contributed by atoms with E-state index >= 15 is 0 Å². The van der Waals surface area contributed by atoms with Crippen LogP contribution in [0.1, 0.15) is 0 Å². The number of aromatic nitrogens is 4. The molecule has 0 aliphatic heterocycles. The van der Waals surface area contributed by atoms with Crippen molar-refractivity contribution in [3.8, 4) is 39.9 Å². The highest BCUT2D eigenvalue weighted by Gasteiger charge is 2.18. The number of fused-ring (bicyclic) bond motifs is 9. The number of furan rings is 1. The summed E-state index contributed by atoms with van der Waals surface area (Å²) < 4.78 is 9.04. The highest BCUT2D eigenvalue weighted by atomic mass is 16.3. The highest BCUT2D eigenvalue weighted by molar-refractivity contribution is 6.14. The average molecular weight is 715 g/mol. The Balaban J connectivity index is 1.01. The van der Waals surface area contributed by atoms with E-state index in [0.717, 1.165) is 60.6 Å². The van der Waals surface area contributed by atoms with Crippen molar-refractivity contribution >= 4 is 76.1 Å². The maximum atomic E-state index is 6.69. The smallest absolute Gasteiger partial charge is 0.164 e. The molecule has 0 spiro atoms. The van der Waals surface area contributed by atoms with E-state index in [-0.39, 0.29) is 0 Å². The number of nitrogens with zero attached hydrogens (tertiary/aromatic N) is 4. The highest BCUT2D eigenvalue weighted by Crippen LogP contribution is 2.38. The van der Waals surface area contributed by atoms with Gasteiger partial charge in [-0.1, -0.05) is 121 Å². The summed E-state index contributed by atoms with van der Waals surface area (Å²) in [7, 11) is 0. The third kappa shape index (κ3) is 4.84. The van der Waals surface area contributed by atoms with Crippen LogP contribution in [0.4, 0.5) is 0 Å². The molecular weight excluding hydrogens is 685 g/mol. The van der Waals surface area contributed by atoms with Crippen LogP contribution in [0, 0.1) is 0 Å². The Morgan fingerprint density at radius 3 is 1.45 bits per heavy atom. The Kier molecular flexibility index (Phi) is 6.56. The summed E-state index contributed by atoms with van der Waals surface area (Å²) in [5.74, 6) is 1.83. The zero-order chi connectivity index (χ0) is 36.7. The predicted molar refractivity (Wildman–Crippen MR) is 230 cm³/mol. The van der Waals surface area contributed by atoms with Gasteiger partial charge in [-0.3, -0.25) is 0 Å². The number of rotatable bonds is 4. The fourth-order valence-electron chi connectivity index (χ4n) is 8.40. The molecule has 0 aliphatic carbocycles. The molecule has 9 aromatic carbocycles. The van der Waals surface area contributed by atoms with Crippen LogP contribution < -0.4 is 0 Å². The quantitative estimate of drug-likeness (QED) is 0.182. The Bertz CT molecular complexity index is 3460. The van der Waals surface area contributed by atoms with Crippen molar-refractivity contribution < 1.29 is 4.42 Å². The normalized spacial score (nSPS) is 11.9. The van der Waals surface area contributed by atoms with Crippen molar-refractivity contribution in [1.29, 1.82) is 0 Å². The molecule has 0 atom stereocenters. The molecule has 5 nitrogen and oxygen atoms in total. The molecule has 0 unspecified atom stereocenters. The van der Waals surface area contributed by atoms with Crippen molar-refractivity contribution in [1.82, 2.24) is 19.5 Å². The Labute approximate surface area is 320 Å². The van der Waals surface area contributed by atoms with Gasteiger partial charge >= 0.3 is 0 Å². The van der Waals surface area contributed by atoms with E-state index in [4.69, 9.17) is 19.4 Å². The van der Waals surface area contributed by atoms with Gasteiger partial charge in [-0.25, -0.2) is 15.0 Å². The van der Waals surface area contributed by atoms with E-state index in [9.17, 15) is 0 Å². The average Bonchev–Trinajstić information content (AvgIpc) is 3.79. The summed E-state index contributed by atoms with van der Waals surface area (Å²) >= 11 is 0. The zero-order valence-electron chi connectivity index (χ0n) is 30.0. The molecule has 0 saturated carbocycles. The first-order valence-corrected chi connectivity index (χ1v) is 18.8. The zero-order valence-corrected chi connectivity index (χ0v) is 30.0.